The predicted molar refractivity (Wildman–Crippen MR) is 71.7 cm³/mol. The molecule has 0 aromatic carbocycles. The molecule has 0 unspecified atom stereocenters. The number of thioether (sulfide) groups is 1. The summed E-state index contributed by atoms with van der Waals surface area (Å²) >= 11 is 1.30. The smallest absolute Gasteiger partial charge is 0.340 e. The van der Waals surface area contributed by atoms with Gasteiger partial charge >= 0.3 is 5.97 Å². The summed E-state index contributed by atoms with van der Waals surface area (Å²) < 4.78 is 4.62. The van der Waals surface area contributed by atoms with Gasteiger partial charge in [0.1, 0.15) is 27.8 Å². The summed E-state index contributed by atoms with van der Waals surface area (Å²) in [5.74, 6) is 0.0579. The minimum absolute atomic E-state index is 0.140. The highest BCUT2D eigenvalue weighted by Crippen LogP contribution is 2.26. The molecule has 0 amide bonds. The lowest BCUT2D eigenvalue weighted by Gasteiger charge is -2.08. The van der Waals surface area contributed by atoms with Crippen LogP contribution in [0.1, 0.15) is 40.2 Å². The van der Waals surface area contributed by atoms with Crippen molar-refractivity contribution in [2.75, 3.05) is 0 Å². The van der Waals surface area contributed by atoms with Gasteiger partial charge in [0.2, 0.25) is 0 Å². The number of hydrogen-bond acceptors (Lipinski definition) is 7. The van der Waals surface area contributed by atoms with Gasteiger partial charge in [-0.25, -0.2) is 19.4 Å². The van der Waals surface area contributed by atoms with Crippen LogP contribution in [0, 0.1) is 13.8 Å². The molecular weight excluding hydrogens is 280 g/mol. The summed E-state index contributed by atoms with van der Waals surface area (Å²) in [7, 11) is 0. The number of aromatic nitrogens is 4. The lowest BCUT2D eigenvalue weighted by molar-refractivity contribution is 0.0690. The molecule has 7 nitrogen and oxygen atoms in total. The number of carboxylic acids is 1. The maximum Gasteiger partial charge on any atom is 0.340 e. The number of nitrogens with zero attached hydrogens (tertiary/aromatic N) is 4. The van der Waals surface area contributed by atoms with Crippen LogP contribution in [0.3, 0.4) is 0 Å². The molecular formula is C12H14N4O3S. The minimum Gasteiger partial charge on any atom is -0.478 e. The molecule has 2 rings (SSSR count). The molecule has 0 radical (unpaired) electrons. The van der Waals surface area contributed by atoms with Crippen molar-refractivity contribution < 1.29 is 14.5 Å². The van der Waals surface area contributed by atoms with E-state index in [9.17, 15) is 9.90 Å². The summed E-state index contributed by atoms with van der Waals surface area (Å²) in [5, 5.41) is 17.2. The Labute approximate surface area is 119 Å². The van der Waals surface area contributed by atoms with Crippen molar-refractivity contribution in [3.63, 3.8) is 0 Å². The average molecular weight is 294 g/mol. The van der Waals surface area contributed by atoms with Crippen molar-refractivity contribution in [2.24, 2.45) is 0 Å². The maximum absolute atomic E-state index is 11.3. The largest absolute Gasteiger partial charge is 0.478 e. The highest BCUT2D eigenvalue weighted by atomic mass is 32.2. The lowest BCUT2D eigenvalue weighted by atomic mass is 10.2. The van der Waals surface area contributed by atoms with Crippen LogP contribution in [0.5, 0.6) is 0 Å². The third-order valence-corrected chi connectivity index (χ3v) is 3.71. The Morgan fingerprint density at radius 2 is 2.00 bits per heavy atom. The standard InChI is InChI=1S/C12H14N4O3S/c1-4-9-13-7(3)10(12(17)18)11(14-9)20-5-8-6(2)15-19-16-8/h4-5H2,1-3H3,(H,17,18). The van der Waals surface area contributed by atoms with Crippen LogP contribution in [-0.2, 0) is 12.2 Å². The summed E-state index contributed by atoms with van der Waals surface area (Å²) in [6.07, 6.45) is 0.652. The summed E-state index contributed by atoms with van der Waals surface area (Å²) in [5.41, 5.74) is 1.99. The molecule has 8 heteroatoms. The average Bonchev–Trinajstić information content (AvgIpc) is 2.80. The fourth-order valence-corrected chi connectivity index (χ4v) is 2.71. The van der Waals surface area contributed by atoms with Crippen molar-refractivity contribution in [1.29, 1.82) is 0 Å². The maximum atomic E-state index is 11.3. The quantitative estimate of drug-likeness (QED) is 0.660. The molecule has 2 aromatic rings. The Bertz CT molecular complexity index is 642. The molecule has 0 aliphatic heterocycles. The molecule has 0 bridgehead atoms. The molecule has 0 aliphatic rings. The molecule has 0 saturated carbocycles. The SMILES string of the molecule is CCc1nc(C)c(C(=O)O)c(SCc2nonc2C)n1. The van der Waals surface area contributed by atoms with Gasteiger partial charge in [-0.2, -0.15) is 0 Å². The normalized spacial score (nSPS) is 10.8. The van der Waals surface area contributed by atoms with E-state index >= 15 is 0 Å². The second kappa shape index (κ2) is 6.00. The zero-order valence-electron chi connectivity index (χ0n) is 11.4. The van der Waals surface area contributed by atoms with E-state index in [1.807, 2.05) is 6.92 Å². The Morgan fingerprint density at radius 3 is 2.55 bits per heavy atom. The number of carboxylic acid groups (broad SMARTS) is 1. The number of aryl methyl sites for hydroxylation is 3. The van der Waals surface area contributed by atoms with Gasteiger partial charge in [0.25, 0.3) is 0 Å². The minimum atomic E-state index is -1.03. The van der Waals surface area contributed by atoms with E-state index in [1.54, 1.807) is 13.8 Å². The van der Waals surface area contributed by atoms with Crippen LogP contribution < -0.4 is 0 Å². The van der Waals surface area contributed by atoms with Gasteiger partial charge in [-0.05, 0) is 13.8 Å². The van der Waals surface area contributed by atoms with E-state index in [4.69, 9.17) is 0 Å². The van der Waals surface area contributed by atoms with Gasteiger partial charge in [-0.15, -0.1) is 0 Å². The first-order valence-electron chi connectivity index (χ1n) is 6.04. The Kier molecular flexibility index (Phi) is 4.33. The summed E-state index contributed by atoms with van der Waals surface area (Å²) in [4.78, 5) is 19.8. The topological polar surface area (TPSA) is 102 Å². The molecule has 106 valence electrons. The van der Waals surface area contributed by atoms with Gasteiger partial charge in [-0.3, -0.25) is 0 Å². The number of hydrogen-bond donors (Lipinski definition) is 1. The Hall–Kier alpha value is -1.96. The van der Waals surface area contributed by atoms with Gasteiger partial charge < -0.3 is 5.11 Å². The Balaban J connectivity index is 2.31. The van der Waals surface area contributed by atoms with Crippen LogP contribution in [0.4, 0.5) is 0 Å². The molecule has 0 fully saturated rings. The summed E-state index contributed by atoms with van der Waals surface area (Å²) in [6, 6.07) is 0. The Morgan fingerprint density at radius 1 is 1.25 bits per heavy atom. The van der Waals surface area contributed by atoms with E-state index in [1.165, 1.54) is 11.8 Å². The van der Waals surface area contributed by atoms with Crippen molar-refractivity contribution in [2.45, 2.75) is 38.0 Å². The molecule has 2 heterocycles. The lowest BCUT2D eigenvalue weighted by Crippen LogP contribution is -2.09. The number of aromatic carboxylic acids is 1. The number of carbonyl (C=O) groups is 1. The zero-order valence-corrected chi connectivity index (χ0v) is 12.2. The van der Waals surface area contributed by atoms with Crippen LogP contribution in [0.25, 0.3) is 0 Å². The van der Waals surface area contributed by atoms with Crippen LogP contribution in [0.15, 0.2) is 9.65 Å². The van der Waals surface area contributed by atoms with Crippen molar-refractivity contribution in [1.82, 2.24) is 20.3 Å². The van der Waals surface area contributed by atoms with Crippen LogP contribution >= 0.6 is 11.8 Å². The van der Waals surface area contributed by atoms with Crippen LogP contribution in [0.2, 0.25) is 0 Å². The van der Waals surface area contributed by atoms with Gasteiger partial charge in [0.05, 0.1) is 5.69 Å². The monoisotopic (exact) mass is 294 g/mol. The first-order valence-corrected chi connectivity index (χ1v) is 7.03. The zero-order chi connectivity index (χ0) is 14.7. The van der Waals surface area contributed by atoms with E-state index in [2.05, 4.69) is 24.9 Å². The fraction of sp³-hybridized carbons (Fsp3) is 0.417. The van der Waals surface area contributed by atoms with Crippen molar-refractivity contribution in [3.05, 3.63) is 28.5 Å². The van der Waals surface area contributed by atoms with E-state index in [-0.39, 0.29) is 5.56 Å². The third-order valence-electron chi connectivity index (χ3n) is 2.73. The molecule has 0 saturated heterocycles. The van der Waals surface area contributed by atoms with Crippen molar-refractivity contribution >= 4 is 17.7 Å². The third kappa shape index (κ3) is 2.96. The van der Waals surface area contributed by atoms with Gasteiger partial charge in [0.15, 0.2) is 0 Å². The fourth-order valence-electron chi connectivity index (χ4n) is 1.63. The molecule has 0 atom stereocenters. The first kappa shape index (κ1) is 14.4. The molecule has 20 heavy (non-hydrogen) atoms. The first-order chi connectivity index (χ1) is 9.52. The van der Waals surface area contributed by atoms with E-state index in [0.717, 1.165) is 0 Å². The molecule has 1 N–H and O–H groups in total. The molecule has 0 aliphatic carbocycles. The highest BCUT2D eigenvalue weighted by Gasteiger charge is 2.19. The summed E-state index contributed by atoms with van der Waals surface area (Å²) in [6.45, 7) is 5.39. The highest BCUT2D eigenvalue weighted by molar-refractivity contribution is 7.98. The van der Waals surface area contributed by atoms with E-state index in [0.29, 0.717) is 40.1 Å². The second-order valence-corrected chi connectivity index (χ2v) is 5.11. The van der Waals surface area contributed by atoms with Gasteiger partial charge in [-0.1, -0.05) is 29.0 Å². The van der Waals surface area contributed by atoms with E-state index < -0.39 is 5.97 Å². The molecule has 0 spiro atoms. The molecule has 2 aromatic heterocycles. The van der Waals surface area contributed by atoms with Crippen LogP contribution in [-0.4, -0.2) is 31.4 Å². The number of rotatable bonds is 5. The van der Waals surface area contributed by atoms with Crippen molar-refractivity contribution in [3.8, 4) is 0 Å². The van der Waals surface area contributed by atoms with Gasteiger partial charge in [0, 0.05) is 12.2 Å². The predicted octanol–water partition coefficient (Wildman–Crippen LogP) is 2.03. The second-order valence-electron chi connectivity index (χ2n) is 4.15.